The zero-order valence-electron chi connectivity index (χ0n) is 13.9. The lowest BCUT2D eigenvalue weighted by atomic mass is 9.92. The van der Waals surface area contributed by atoms with Gasteiger partial charge in [-0.15, -0.1) is 0 Å². The minimum atomic E-state index is -0.180. The van der Waals surface area contributed by atoms with Gasteiger partial charge in [0.25, 0.3) is 0 Å². The minimum Gasteiger partial charge on any atom is -0.379 e. The van der Waals surface area contributed by atoms with Gasteiger partial charge in [-0.2, -0.15) is 5.10 Å². The zero-order chi connectivity index (χ0) is 16.8. The molecule has 0 aliphatic heterocycles. The number of benzene rings is 1. The quantitative estimate of drug-likeness (QED) is 0.886. The Labute approximate surface area is 142 Å². The Morgan fingerprint density at radius 2 is 2.21 bits per heavy atom. The predicted molar refractivity (Wildman–Crippen MR) is 93.0 cm³/mol. The SMILES string of the molecule is CO[C@@H]1CCCC[C@H]1NC(=O)Nc1cccc(Cn2cccn2)c1. The van der Waals surface area contributed by atoms with Crippen molar-refractivity contribution in [2.75, 3.05) is 12.4 Å². The highest BCUT2D eigenvalue weighted by atomic mass is 16.5. The molecule has 1 aliphatic carbocycles. The van der Waals surface area contributed by atoms with E-state index in [1.165, 1.54) is 0 Å². The second-order valence-corrected chi connectivity index (χ2v) is 6.17. The first-order chi connectivity index (χ1) is 11.7. The molecule has 1 saturated carbocycles. The lowest BCUT2D eigenvalue weighted by molar-refractivity contribution is 0.0459. The molecule has 128 valence electrons. The fourth-order valence-electron chi connectivity index (χ4n) is 3.21. The van der Waals surface area contributed by atoms with Gasteiger partial charge in [0.1, 0.15) is 0 Å². The fraction of sp³-hybridized carbons (Fsp3) is 0.444. The van der Waals surface area contributed by atoms with E-state index in [1.54, 1.807) is 13.3 Å². The normalized spacial score (nSPS) is 20.5. The van der Waals surface area contributed by atoms with Crippen molar-refractivity contribution in [1.82, 2.24) is 15.1 Å². The van der Waals surface area contributed by atoms with E-state index in [2.05, 4.69) is 15.7 Å². The molecule has 0 radical (unpaired) electrons. The van der Waals surface area contributed by atoms with Gasteiger partial charge in [0.15, 0.2) is 0 Å². The van der Waals surface area contributed by atoms with Crippen LogP contribution in [0.25, 0.3) is 0 Å². The van der Waals surface area contributed by atoms with Gasteiger partial charge in [-0.25, -0.2) is 4.79 Å². The van der Waals surface area contributed by atoms with Crippen molar-refractivity contribution in [1.29, 1.82) is 0 Å². The van der Waals surface area contributed by atoms with Gasteiger partial charge in [0.05, 0.1) is 18.7 Å². The summed E-state index contributed by atoms with van der Waals surface area (Å²) >= 11 is 0. The predicted octanol–water partition coefficient (Wildman–Crippen LogP) is 3.01. The van der Waals surface area contributed by atoms with Crippen LogP contribution < -0.4 is 10.6 Å². The van der Waals surface area contributed by atoms with E-state index in [0.29, 0.717) is 6.54 Å². The van der Waals surface area contributed by atoms with Crippen LogP contribution in [0.5, 0.6) is 0 Å². The number of ether oxygens (including phenoxy) is 1. The number of amides is 2. The van der Waals surface area contributed by atoms with Gasteiger partial charge in [0, 0.05) is 25.2 Å². The first-order valence-electron chi connectivity index (χ1n) is 8.41. The van der Waals surface area contributed by atoms with Crippen molar-refractivity contribution >= 4 is 11.7 Å². The largest absolute Gasteiger partial charge is 0.379 e. The smallest absolute Gasteiger partial charge is 0.319 e. The van der Waals surface area contributed by atoms with Gasteiger partial charge in [-0.1, -0.05) is 25.0 Å². The van der Waals surface area contributed by atoms with Crippen LogP contribution in [0.3, 0.4) is 0 Å². The van der Waals surface area contributed by atoms with Crippen molar-refractivity contribution in [3.63, 3.8) is 0 Å². The highest BCUT2D eigenvalue weighted by molar-refractivity contribution is 5.89. The van der Waals surface area contributed by atoms with E-state index in [-0.39, 0.29) is 18.2 Å². The number of rotatable bonds is 5. The standard InChI is InChI=1S/C18H24N4O2/c1-24-17-9-3-2-8-16(17)21-18(23)20-15-7-4-6-14(12-15)13-22-11-5-10-19-22/h4-7,10-12,16-17H,2-3,8-9,13H2,1H3,(H2,20,21,23)/t16-,17-/m1/s1. The van der Waals surface area contributed by atoms with Crippen LogP contribution in [-0.2, 0) is 11.3 Å². The Hall–Kier alpha value is -2.34. The second kappa shape index (κ2) is 7.97. The molecule has 0 spiro atoms. The summed E-state index contributed by atoms with van der Waals surface area (Å²) in [6.45, 7) is 0.679. The number of urea groups is 1. The Morgan fingerprint density at radius 1 is 1.33 bits per heavy atom. The number of carbonyl (C=O) groups is 1. The van der Waals surface area contributed by atoms with Crippen molar-refractivity contribution in [3.8, 4) is 0 Å². The van der Waals surface area contributed by atoms with Gasteiger partial charge in [0.2, 0.25) is 0 Å². The van der Waals surface area contributed by atoms with Gasteiger partial charge in [-0.05, 0) is 36.6 Å². The molecule has 2 N–H and O–H groups in total. The third-order valence-electron chi connectivity index (χ3n) is 4.41. The van der Waals surface area contributed by atoms with Crippen molar-refractivity contribution in [2.45, 2.75) is 44.4 Å². The average Bonchev–Trinajstić information content (AvgIpc) is 3.08. The van der Waals surface area contributed by atoms with E-state index >= 15 is 0 Å². The van der Waals surface area contributed by atoms with Crippen LogP contribution in [0.4, 0.5) is 10.5 Å². The Balaban J connectivity index is 1.57. The summed E-state index contributed by atoms with van der Waals surface area (Å²) in [4.78, 5) is 12.3. The molecule has 0 saturated heterocycles. The van der Waals surface area contributed by atoms with Crippen LogP contribution in [-0.4, -0.2) is 35.1 Å². The maximum Gasteiger partial charge on any atom is 0.319 e. The van der Waals surface area contributed by atoms with E-state index in [1.807, 2.05) is 41.2 Å². The number of hydrogen-bond donors (Lipinski definition) is 2. The van der Waals surface area contributed by atoms with Crippen LogP contribution >= 0.6 is 0 Å². The third-order valence-corrected chi connectivity index (χ3v) is 4.41. The number of hydrogen-bond acceptors (Lipinski definition) is 3. The molecule has 2 atom stereocenters. The highest BCUT2D eigenvalue weighted by Gasteiger charge is 2.26. The summed E-state index contributed by atoms with van der Waals surface area (Å²) < 4.78 is 7.33. The Bertz CT molecular complexity index is 657. The molecule has 1 aromatic heterocycles. The second-order valence-electron chi connectivity index (χ2n) is 6.17. The van der Waals surface area contributed by atoms with Crippen molar-refractivity contribution in [3.05, 3.63) is 48.3 Å². The lowest BCUT2D eigenvalue weighted by Crippen LogP contribution is -2.47. The molecule has 24 heavy (non-hydrogen) atoms. The number of carbonyl (C=O) groups excluding carboxylic acids is 1. The summed E-state index contributed by atoms with van der Waals surface area (Å²) in [5.74, 6) is 0. The van der Waals surface area contributed by atoms with Crippen LogP contribution in [0.15, 0.2) is 42.7 Å². The summed E-state index contributed by atoms with van der Waals surface area (Å²) in [7, 11) is 1.71. The molecule has 1 aliphatic rings. The minimum absolute atomic E-state index is 0.0796. The maximum atomic E-state index is 12.3. The highest BCUT2D eigenvalue weighted by Crippen LogP contribution is 2.21. The number of anilines is 1. The molecule has 1 fully saturated rings. The molecule has 6 heteroatoms. The molecule has 2 amide bonds. The lowest BCUT2D eigenvalue weighted by Gasteiger charge is -2.31. The van der Waals surface area contributed by atoms with E-state index < -0.39 is 0 Å². The number of methoxy groups -OCH3 is 1. The summed E-state index contributed by atoms with van der Waals surface area (Å²) in [5.41, 5.74) is 1.87. The van der Waals surface area contributed by atoms with E-state index in [0.717, 1.165) is 36.9 Å². The molecule has 1 heterocycles. The molecule has 1 aromatic carbocycles. The fourth-order valence-corrected chi connectivity index (χ4v) is 3.21. The summed E-state index contributed by atoms with van der Waals surface area (Å²) in [5, 5.41) is 10.2. The topological polar surface area (TPSA) is 68.2 Å². The molecule has 2 aromatic rings. The summed E-state index contributed by atoms with van der Waals surface area (Å²) in [6.07, 6.45) is 8.03. The van der Waals surface area contributed by atoms with Crippen LogP contribution in [0.2, 0.25) is 0 Å². The maximum absolute atomic E-state index is 12.3. The molecule has 3 rings (SSSR count). The van der Waals surface area contributed by atoms with Gasteiger partial charge in [-0.3, -0.25) is 4.68 Å². The Morgan fingerprint density at radius 3 is 3.00 bits per heavy atom. The average molecular weight is 328 g/mol. The monoisotopic (exact) mass is 328 g/mol. The molecular formula is C18H24N4O2. The Kier molecular flexibility index (Phi) is 5.48. The van der Waals surface area contributed by atoms with E-state index in [9.17, 15) is 4.79 Å². The van der Waals surface area contributed by atoms with Crippen molar-refractivity contribution in [2.24, 2.45) is 0 Å². The first-order valence-corrected chi connectivity index (χ1v) is 8.41. The number of nitrogens with zero attached hydrogens (tertiary/aromatic N) is 2. The number of nitrogens with one attached hydrogen (secondary N) is 2. The van der Waals surface area contributed by atoms with Gasteiger partial charge >= 0.3 is 6.03 Å². The number of aromatic nitrogens is 2. The van der Waals surface area contributed by atoms with E-state index in [4.69, 9.17) is 4.74 Å². The third kappa shape index (κ3) is 4.35. The summed E-state index contributed by atoms with van der Waals surface area (Å²) in [6, 6.07) is 9.61. The van der Waals surface area contributed by atoms with Crippen molar-refractivity contribution < 1.29 is 9.53 Å². The van der Waals surface area contributed by atoms with Crippen LogP contribution in [0.1, 0.15) is 31.2 Å². The van der Waals surface area contributed by atoms with Gasteiger partial charge < -0.3 is 15.4 Å². The molecular weight excluding hydrogens is 304 g/mol. The molecule has 0 bridgehead atoms. The zero-order valence-corrected chi connectivity index (χ0v) is 13.9. The molecule has 0 unspecified atom stereocenters. The van der Waals surface area contributed by atoms with Crippen LogP contribution in [0, 0.1) is 0 Å². The first kappa shape index (κ1) is 16.5. The molecule has 6 nitrogen and oxygen atoms in total.